The molecule has 0 unspecified atom stereocenters. The molecule has 2 aromatic rings. The van der Waals surface area contributed by atoms with Gasteiger partial charge < -0.3 is 0 Å². The first-order chi connectivity index (χ1) is 14.2. The van der Waals surface area contributed by atoms with Gasteiger partial charge in [-0.15, -0.1) is 0 Å². The van der Waals surface area contributed by atoms with Crippen LogP contribution in [0.5, 0.6) is 0 Å². The molecule has 3 aliphatic rings. The fraction of sp³-hybridized carbons (Fsp3) is 0.385. The van der Waals surface area contributed by atoms with Gasteiger partial charge in [-0.1, -0.05) is 64.7 Å². The molecule has 0 radical (unpaired) electrons. The van der Waals surface area contributed by atoms with Crippen molar-refractivity contribution in [1.82, 2.24) is 4.31 Å². The summed E-state index contributed by atoms with van der Waals surface area (Å²) >= 11 is 0. The van der Waals surface area contributed by atoms with Crippen LogP contribution in [-0.4, -0.2) is 19.3 Å². The fourth-order valence-electron chi connectivity index (χ4n) is 5.98. The summed E-state index contributed by atoms with van der Waals surface area (Å²) in [6.07, 6.45) is 6.04. The molecule has 2 aromatic carbocycles. The average Bonchev–Trinajstić information content (AvgIpc) is 3.30. The number of hydrogen-bond acceptors (Lipinski definition) is 2. The van der Waals surface area contributed by atoms with Gasteiger partial charge in [-0.25, -0.2) is 8.42 Å². The van der Waals surface area contributed by atoms with Gasteiger partial charge in [0.1, 0.15) is 0 Å². The van der Waals surface area contributed by atoms with E-state index in [1.807, 2.05) is 25.3 Å². The maximum Gasteiger partial charge on any atom is 0.263 e. The molecule has 30 heavy (non-hydrogen) atoms. The minimum Gasteiger partial charge on any atom is -0.273 e. The highest BCUT2D eigenvalue weighted by atomic mass is 32.2. The second-order valence-corrected chi connectivity index (χ2v) is 11.5. The highest BCUT2D eigenvalue weighted by Crippen LogP contribution is 2.78. The molecule has 5 rings (SSSR count). The van der Waals surface area contributed by atoms with E-state index >= 15 is 0 Å². The van der Waals surface area contributed by atoms with E-state index in [1.165, 1.54) is 22.3 Å². The number of hydrogen-bond donors (Lipinski definition) is 0. The van der Waals surface area contributed by atoms with E-state index < -0.39 is 10.0 Å². The zero-order valence-corrected chi connectivity index (χ0v) is 19.0. The van der Waals surface area contributed by atoms with Crippen LogP contribution in [0.25, 0.3) is 0 Å². The molecule has 0 saturated heterocycles. The lowest BCUT2D eigenvalue weighted by Gasteiger charge is -2.35. The van der Waals surface area contributed by atoms with Gasteiger partial charge in [0, 0.05) is 23.6 Å². The zero-order chi connectivity index (χ0) is 21.3. The summed E-state index contributed by atoms with van der Waals surface area (Å²) in [6, 6.07) is 16.0. The molecule has 1 aliphatic heterocycles. The fourth-order valence-corrected chi connectivity index (χ4v) is 7.35. The van der Waals surface area contributed by atoms with Crippen LogP contribution in [0.2, 0.25) is 0 Å². The van der Waals surface area contributed by atoms with Crippen LogP contribution in [0.1, 0.15) is 43.4 Å². The summed E-state index contributed by atoms with van der Waals surface area (Å²) in [6.45, 7) is 9.08. The molecule has 1 heterocycles. The Bertz CT molecular complexity index is 1170. The molecule has 3 nitrogen and oxygen atoms in total. The number of sulfonamides is 1. The summed E-state index contributed by atoms with van der Waals surface area (Å²) in [5.41, 5.74) is 6.39. The smallest absolute Gasteiger partial charge is 0.263 e. The number of benzene rings is 2. The van der Waals surface area contributed by atoms with Crippen LogP contribution in [0.4, 0.5) is 0 Å². The third-order valence-corrected chi connectivity index (χ3v) is 9.61. The van der Waals surface area contributed by atoms with E-state index in [-0.39, 0.29) is 10.8 Å². The van der Waals surface area contributed by atoms with Crippen LogP contribution < -0.4 is 0 Å². The van der Waals surface area contributed by atoms with Gasteiger partial charge in [0.05, 0.1) is 4.90 Å². The van der Waals surface area contributed by atoms with E-state index in [2.05, 4.69) is 51.1 Å². The van der Waals surface area contributed by atoms with Gasteiger partial charge in [-0.2, -0.15) is 0 Å². The molecule has 1 fully saturated rings. The van der Waals surface area contributed by atoms with Gasteiger partial charge >= 0.3 is 0 Å². The molecule has 4 heteroatoms. The van der Waals surface area contributed by atoms with Crippen LogP contribution in [0, 0.1) is 25.2 Å². The van der Waals surface area contributed by atoms with Crippen molar-refractivity contribution >= 4 is 10.0 Å². The number of fused-ring (bicyclic) bond motifs is 1. The largest absolute Gasteiger partial charge is 0.273 e. The molecule has 156 valence electrons. The zero-order valence-electron chi connectivity index (χ0n) is 18.1. The van der Waals surface area contributed by atoms with Crippen molar-refractivity contribution < 1.29 is 8.42 Å². The molecule has 1 saturated carbocycles. The topological polar surface area (TPSA) is 37.4 Å². The summed E-state index contributed by atoms with van der Waals surface area (Å²) < 4.78 is 28.5. The highest BCUT2D eigenvalue weighted by molar-refractivity contribution is 7.89. The Morgan fingerprint density at radius 2 is 1.47 bits per heavy atom. The van der Waals surface area contributed by atoms with E-state index in [1.54, 1.807) is 16.4 Å². The lowest BCUT2D eigenvalue weighted by molar-refractivity contribution is 0.315. The first kappa shape index (κ1) is 19.6. The summed E-state index contributed by atoms with van der Waals surface area (Å²) in [5.74, 6) is 0.450. The number of allylic oxidation sites excluding steroid dienone is 3. The highest BCUT2D eigenvalue weighted by Gasteiger charge is 2.77. The molecule has 0 aromatic heterocycles. The van der Waals surface area contributed by atoms with Crippen LogP contribution in [-0.2, 0) is 15.4 Å². The maximum absolute atomic E-state index is 13.4. The Balaban J connectivity index is 1.59. The van der Waals surface area contributed by atoms with E-state index in [0.717, 1.165) is 18.4 Å². The Morgan fingerprint density at radius 1 is 0.867 bits per heavy atom. The molecule has 0 amide bonds. The SMILES string of the molecule is CC1=C(C)C[C@@]23CN(S(=O)(=O)c4ccc(C)cc4)C=C[C@]2(c2ccc(C)cc2)[C@H]3C1. The first-order valence-electron chi connectivity index (χ1n) is 10.7. The summed E-state index contributed by atoms with van der Waals surface area (Å²) in [4.78, 5) is 0.369. The number of aryl methyl sites for hydroxylation is 2. The third kappa shape index (κ3) is 2.52. The van der Waals surface area contributed by atoms with Crippen molar-refractivity contribution in [3.05, 3.63) is 88.6 Å². The molecule has 3 atom stereocenters. The van der Waals surface area contributed by atoms with Crippen molar-refractivity contribution in [2.24, 2.45) is 11.3 Å². The Hall–Kier alpha value is -2.33. The number of nitrogens with zero attached hydrogens (tertiary/aromatic N) is 1. The van der Waals surface area contributed by atoms with Crippen LogP contribution >= 0.6 is 0 Å². The third-order valence-electron chi connectivity index (χ3n) is 7.88. The van der Waals surface area contributed by atoms with Gasteiger partial charge in [-0.3, -0.25) is 4.31 Å². The van der Waals surface area contributed by atoms with E-state index in [9.17, 15) is 8.42 Å². The van der Waals surface area contributed by atoms with Gasteiger partial charge in [0.15, 0.2) is 0 Å². The lowest BCUT2D eigenvalue weighted by Crippen LogP contribution is -2.39. The normalized spacial score (nSPS) is 30.1. The monoisotopic (exact) mass is 419 g/mol. The minimum absolute atomic E-state index is 0.0572. The van der Waals surface area contributed by atoms with E-state index in [4.69, 9.17) is 0 Å². The second kappa shape index (κ2) is 6.34. The Morgan fingerprint density at radius 3 is 2.10 bits per heavy atom. The number of rotatable bonds is 3. The molecule has 0 N–H and O–H groups in total. The second-order valence-electron chi connectivity index (χ2n) is 9.56. The predicted molar refractivity (Wildman–Crippen MR) is 121 cm³/mol. The first-order valence-corrected chi connectivity index (χ1v) is 12.1. The molecule has 2 aliphatic carbocycles. The van der Waals surface area contributed by atoms with Crippen LogP contribution in [0.3, 0.4) is 0 Å². The van der Waals surface area contributed by atoms with Gasteiger partial charge in [0.2, 0.25) is 0 Å². The van der Waals surface area contributed by atoms with Crippen LogP contribution in [0.15, 0.2) is 76.8 Å². The Kier molecular flexibility index (Phi) is 4.14. The molecular formula is C26H29NO2S. The predicted octanol–water partition coefficient (Wildman–Crippen LogP) is 5.51. The van der Waals surface area contributed by atoms with Crippen molar-refractivity contribution in [3.8, 4) is 0 Å². The standard InChI is InChI=1S/C26H29NO2S/c1-18-5-9-22(10-6-18)26-13-14-27(30(28,29)23-11-7-19(2)8-12-23)17-25(26)16-21(4)20(3)15-24(25)26/h5-14,24H,15-17H2,1-4H3/t24-,25-,26-/m0/s1. The molecule has 1 spiro atoms. The van der Waals surface area contributed by atoms with Gasteiger partial charge in [-0.05, 0) is 64.2 Å². The quantitative estimate of drug-likeness (QED) is 0.616. The van der Waals surface area contributed by atoms with E-state index in [0.29, 0.717) is 17.4 Å². The van der Waals surface area contributed by atoms with Crippen molar-refractivity contribution in [1.29, 1.82) is 0 Å². The minimum atomic E-state index is -3.56. The van der Waals surface area contributed by atoms with Gasteiger partial charge in [0.25, 0.3) is 10.0 Å². The molecule has 0 bridgehead atoms. The average molecular weight is 420 g/mol. The molecular weight excluding hydrogens is 390 g/mol. The summed E-state index contributed by atoms with van der Waals surface area (Å²) in [7, 11) is -3.56. The maximum atomic E-state index is 13.4. The summed E-state index contributed by atoms with van der Waals surface area (Å²) in [5, 5.41) is 0. The lowest BCUT2D eigenvalue weighted by atomic mass is 9.79. The van der Waals surface area contributed by atoms with Crippen molar-refractivity contribution in [3.63, 3.8) is 0 Å². The van der Waals surface area contributed by atoms with Crippen molar-refractivity contribution in [2.45, 2.75) is 50.8 Å². The Labute approximate surface area is 180 Å². The van der Waals surface area contributed by atoms with Crippen molar-refractivity contribution in [2.75, 3.05) is 6.54 Å².